The van der Waals surface area contributed by atoms with Crippen LogP contribution < -0.4 is 0 Å². The normalized spacial score (nSPS) is 26.1. The van der Waals surface area contributed by atoms with E-state index in [1.165, 1.54) is 0 Å². The van der Waals surface area contributed by atoms with Crippen LogP contribution in [-0.2, 0) is 4.79 Å². The molecule has 2 amide bonds. The molecule has 0 bridgehead atoms. The van der Waals surface area contributed by atoms with Crippen molar-refractivity contribution in [2.45, 2.75) is 58.5 Å². The zero-order valence-corrected chi connectivity index (χ0v) is 12.7. The molecule has 1 heterocycles. The molecule has 5 heteroatoms. The Morgan fingerprint density at radius 3 is 2.40 bits per heavy atom. The van der Waals surface area contributed by atoms with Crippen LogP contribution in [0, 0.1) is 11.8 Å². The summed E-state index contributed by atoms with van der Waals surface area (Å²) in [5.41, 5.74) is 0. The molecule has 114 valence electrons. The highest BCUT2D eigenvalue weighted by atomic mass is 16.4. The number of hydrogen-bond donors (Lipinski definition) is 1. The molecule has 5 nitrogen and oxygen atoms in total. The third kappa shape index (κ3) is 3.25. The first-order valence-electron chi connectivity index (χ1n) is 7.71. The molecule has 0 aromatic rings. The molecule has 0 aromatic heterocycles. The lowest BCUT2D eigenvalue weighted by atomic mass is 10.0. The van der Waals surface area contributed by atoms with Gasteiger partial charge in [0, 0.05) is 25.2 Å². The van der Waals surface area contributed by atoms with E-state index < -0.39 is 11.9 Å². The quantitative estimate of drug-likeness (QED) is 0.842. The zero-order valence-electron chi connectivity index (χ0n) is 12.7. The second-order valence-corrected chi connectivity index (χ2v) is 6.56. The molecule has 0 aromatic carbocycles. The summed E-state index contributed by atoms with van der Waals surface area (Å²) in [6, 6.07) is 0.238. The van der Waals surface area contributed by atoms with E-state index in [9.17, 15) is 9.59 Å². The van der Waals surface area contributed by atoms with Crippen LogP contribution in [0.1, 0.15) is 46.5 Å². The molecular weight excluding hydrogens is 256 g/mol. The predicted octanol–water partition coefficient (Wildman–Crippen LogP) is 2.41. The molecule has 2 fully saturated rings. The summed E-state index contributed by atoms with van der Waals surface area (Å²) in [6.45, 7) is 7.55. The summed E-state index contributed by atoms with van der Waals surface area (Å²) >= 11 is 0. The van der Waals surface area contributed by atoms with Crippen molar-refractivity contribution in [3.63, 3.8) is 0 Å². The topological polar surface area (TPSA) is 60.9 Å². The van der Waals surface area contributed by atoms with E-state index >= 15 is 0 Å². The van der Waals surface area contributed by atoms with E-state index in [4.69, 9.17) is 5.11 Å². The van der Waals surface area contributed by atoms with Crippen LogP contribution in [0.15, 0.2) is 0 Å². The van der Waals surface area contributed by atoms with Crippen LogP contribution in [0.4, 0.5) is 4.79 Å². The Labute approximate surface area is 120 Å². The second kappa shape index (κ2) is 6.02. The molecule has 1 aliphatic heterocycles. The van der Waals surface area contributed by atoms with Crippen molar-refractivity contribution < 1.29 is 14.7 Å². The van der Waals surface area contributed by atoms with Crippen LogP contribution in [0.3, 0.4) is 0 Å². The molecule has 1 saturated carbocycles. The number of amides is 2. The molecule has 1 saturated heterocycles. The Morgan fingerprint density at radius 1 is 1.30 bits per heavy atom. The average molecular weight is 282 g/mol. The van der Waals surface area contributed by atoms with Gasteiger partial charge in [-0.3, -0.25) is 4.79 Å². The van der Waals surface area contributed by atoms with Crippen LogP contribution in [-0.4, -0.2) is 52.1 Å². The fourth-order valence-electron chi connectivity index (χ4n) is 2.92. The van der Waals surface area contributed by atoms with Crippen molar-refractivity contribution in [3.05, 3.63) is 0 Å². The van der Waals surface area contributed by atoms with Gasteiger partial charge < -0.3 is 14.9 Å². The number of urea groups is 1. The lowest BCUT2D eigenvalue weighted by molar-refractivity contribution is -0.142. The highest BCUT2D eigenvalue weighted by Crippen LogP contribution is 2.31. The van der Waals surface area contributed by atoms with E-state index in [0.717, 1.165) is 25.8 Å². The Morgan fingerprint density at radius 2 is 1.95 bits per heavy atom. The van der Waals surface area contributed by atoms with Crippen LogP contribution >= 0.6 is 0 Å². The van der Waals surface area contributed by atoms with Crippen LogP contribution in [0.25, 0.3) is 0 Å². The SMILES string of the molecule is CC(C)CCN(C(=O)N1CCC(C(=O)O)C1C)C1CC1. The monoisotopic (exact) mass is 282 g/mol. The average Bonchev–Trinajstić information content (AvgIpc) is 3.11. The maximum Gasteiger partial charge on any atom is 0.320 e. The first kappa shape index (κ1) is 15.1. The molecular formula is C15H26N2O3. The van der Waals surface area contributed by atoms with Crippen molar-refractivity contribution in [3.8, 4) is 0 Å². The van der Waals surface area contributed by atoms with Gasteiger partial charge in [0.2, 0.25) is 0 Å². The predicted molar refractivity (Wildman–Crippen MR) is 76.5 cm³/mol. The lowest BCUT2D eigenvalue weighted by Crippen LogP contribution is -2.47. The fourth-order valence-corrected chi connectivity index (χ4v) is 2.92. The van der Waals surface area contributed by atoms with Crippen molar-refractivity contribution in [2.24, 2.45) is 11.8 Å². The summed E-state index contributed by atoms with van der Waals surface area (Å²) in [7, 11) is 0. The molecule has 2 rings (SSSR count). The molecule has 2 aliphatic rings. The van der Waals surface area contributed by atoms with Gasteiger partial charge in [-0.2, -0.15) is 0 Å². The molecule has 0 spiro atoms. The van der Waals surface area contributed by atoms with Gasteiger partial charge in [-0.25, -0.2) is 4.79 Å². The minimum absolute atomic E-state index is 0.0457. The molecule has 1 N–H and O–H groups in total. The summed E-state index contributed by atoms with van der Waals surface area (Å²) < 4.78 is 0. The molecule has 0 radical (unpaired) electrons. The minimum Gasteiger partial charge on any atom is -0.481 e. The number of likely N-dealkylation sites (tertiary alicyclic amines) is 1. The van der Waals surface area contributed by atoms with E-state index in [-0.39, 0.29) is 12.1 Å². The Hall–Kier alpha value is -1.26. The van der Waals surface area contributed by atoms with E-state index in [2.05, 4.69) is 13.8 Å². The Kier molecular flexibility index (Phi) is 4.55. The maximum atomic E-state index is 12.7. The van der Waals surface area contributed by atoms with Crippen molar-refractivity contribution >= 4 is 12.0 Å². The van der Waals surface area contributed by atoms with Crippen LogP contribution in [0.5, 0.6) is 0 Å². The third-order valence-electron chi connectivity index (χ3n) is 4.50. The Bertz CT molecular complexity index is 379. The van der Waals surface area contributed by atoms with Crippen LogP contribution in [0.2, 0.25) is 0 Å². The van der Waals surface area contributed by atoms with Gasteiger partial charge in [0.25, 0.3) is 0 Å². The number of aliphatic carboxylic acids is 1. The number of rotatable bonds is 5. The number of carbonyl (C=O) groups is 2. The van der Waals surface area contributed by atoms with E-state index in [1.54, 1.807) is 4.90 Å². The molecule has 1 aliphatic carbocycles. The summed E-state index contributed by atoms with van der Waals surface area (Å²) in [5, 5.41) is 9.17. The van der Waals surface area contributed by atoms with Gasteiger partial charge in [-0.15, -0.1) is 0 Å². The highest BCUT2D eigenvalue weighted by Gasteiger charge is 2.42. The standard InChI is InChI=1S/C15H26N2O3/c1-10(2)6-8-17(12-4-5-12)15(20)16-9-7-13(11(16)3)14(18)19/h10-13H,4-9H2,1-3H3,(H,18,19). The van der Waals surface area contributed by atoms with Crippen molar-refractivity contribution in [1.82, 2.24) is 9.80 Å². The summed E-state index contributed by atoms with van der Waals surface area (Å²) in [4.78, 5) is 27.6. The van der Waals surface area contributed by atoms with Gasteiger partial charge in [-0.1, -0.05) is 13.8 Å². The number of carbonyl (C=O) groups excluding carboxylic acids is 1. The maximum absolute atomic E-state index is 12.7. The first-order chi connectivity index (χ1) is 9.41. The van der Waals surface area contributed by atoms with Gasteiger partial charge in [0.05, 0.1) is 5.92 Å². The fraction of sp³-hybridized carbons (Fsp3) is 0.867. The summed E-state index contributed by atoms with van der Waals surface area (Å²) in [5.74, 6) is -0.620. The van der Waals surface area contributed by atoms with Gasteiger partial charge in [-0.05, 0) is 38.5 Å². The van der Waals surface area contributed by atoms with Gasteiger partial charge in [0.15, 0.2) is 0 Å². The molecule has 20 heavy (non-hydrogen) atoms. The van der Waals surface area contributed by atoms with Crippen molar-refractivity contribution in [1.29, 1.82) is 0 Å². The number of hydrogen-bond acceptors (Lipinski definition) is 2. The minimum atomic E-state index is -0.784. The smallest absolute Gasteiger partial charge is 0.320 e. The number of carboxylic acids is 1. The second-order valence-electron chi connectivity index (χ2n) is 6.56. The summed E-state index contributed by atoms with van der Waals surface area (Å²) in [6.07, 6.45) is 3.76. The molecule has 2 unspecified atom stereocenters. The van der Waals surface area contributed by atoms with E-state index in [0.29, 0.717) is 24.9 Å². The van der Waals surface area contributed by atoms with Gasteiger partial charge >= 0.3 is 12.0 Å². The first-order valence-corrected chi connectivity index (χ1v) is 7.71. The highest BCUT2D eigenvalue weighted by molar-refractivity contribution is 5.78. The van der Waals surface area contributed by atoms with E-state index in [1.807, 2.05) is 11.8 Å². The zero-order chi connectivity index (χ0) is 14.9. The molecule has 2 atom stereocenters. The third-order valence-corrected chi connectivity index (χ3v) is 4.50. The largest absolute Gasteiger partial charge is 0.481 e. The van der Waals surface area contributed by atoms with Gasteiger partial charge in [0.1, 0.15) is 0 Å². The lowest BCUT2D eigenvalue weighted by Gasteiger charge is -2.31. The van der Waals surface area contributed by atoms with Crippen molar-refractivity contribution in [2.75, 3.05) is 13.1 Å². The number of carboxylic acid groups (broad SMARTS) is 1. The number of nitrogens with zero attached hydrogens (tertiary/aromatic N) is 2. The Balaban J connectivity index is 1.99.